The van der Waals surface area contributed by atoms with E-state index in [-0.39, 0.29) is 11.5 Å². The Labute approximate surface area is 136 Å². The number of nitrogens with two attached hydrogens (primary N) is 1. The molecular weight excluding hydrogens is 270 g/mol. The molecule has 0 aromatic heterocycles. The fourth-order valence-electron chi connectivity index (χ4n) is 4.32. The average Bonchev–Trinajstić information content (AvgIpc) is 2.51. The van der Waals surface area contributed by atoms with Crippen molar-refractivity contribution in [3.63, 3.8) is 0 Å². The first kappa shape index (κ1) is 17.5. The Bertz CT molecular complexity index is 473. The van der Waals surface area contributed by atoms with Gasteiger partial charge in [-0.25, -0.2) is 0 Å². The van der Waals surface area contributed by atoms with Gasteiger partial charge in [0.05, 0.1) is 12.1 Å². The minimum atomic E-state index is -0.423. The lowest BCUT2D eigenvalue weighted by molar-refractivity contribution is 0.0847. The van der Waals surface area contributed by atoms with Crippen molar-refractivity contribution >= 4 is 0 Å². The molecule has 0 aliphatic heterocycles. The fraction of sp³-hybridized carbons (Fsp3) is 0.700. The van der Waals surface area contributed by atoms with Gasteiger partial charge in [-0.15, -0.1) is 0 Å². The van der Waals surface area contributed by atoms with Gasteiger partial charge < -0.3 is 10.8 Å². The van der Waals surface area contributed by atoms with Crippen molar-refractivity contribution in [2.75, 3.05) is 0 Å². The highest BCUT2D eigenvalue weighted by Crippen LogP contribution is 2.45. The quantitative estimate of drug-likeness (QED) is 0.766. The zero-order valence-corrected chi connectivity index (χ0v) is 14.5. The highest BCUT2D eigenvalue weighted by atomic mass is 16.3. The summed E-state index contributed by atoms with van der Waals surface area (Å²) < 4.78 is 0. The van der Waals surface area contributed by atoms with Crippen LogP contribution in [0.25, 0.3) is 0 Å². The van der Waals surface area contributed by atoms with Gasteiger partial charge in [0.15, 0.2) is 0 Å². The van der Waals surface area contributed by atoms with E-state index in [0.29, 0.717) is 0 Å². The lowest BCUT2D eigenvalue weighted by atomic mass is 9.64. The highest BCUT2D eigenvalue weighted by molar-refractivity contribution is 5.39. The number of benzene rings is 1. The van der Waals surface area contributed by atoms with Crippen LogP contribution >= 0.6 is 0 Å². The first-order valence-electron chi connectivity index (χ1n) is 9.05. The van der Waals surface area contributed by atoms with Crippen LogP contribution in [0.1, 0.15) is 82.9 Å². The summed E-state index contributed by atoms with van der Waals surface area (Å²) in [7, 11) is 0. The Morgan fingerprint density at radius 2 is 1.95 bits per heavy atom. The van der Waals surface area contributed by atoms with E-state index < -0.39 is 6.10 Å². The number of unbranched alkanes of at least 4 members (excludes halogenated alkanes) is 1. The Balaban J connectivity index is 2.25. The van der Waals surface area contributed by atoms with E-state index in [1.54, 1.807) is 0 Å². The van der Waals surface area contributed by atoms with Gasteiger partial charge in [-0.3, -0.25) is 0 Å². The molecule has 0 saturated heterocycles. The monoisotopic (exact) mass is 303 g/mol. The molecule has 2 nitrogen and oxygen atoms in total. The first-order chi connectivity index (χ1) is 10.5. The molecule has 1 aliphatic rings. The predicted molar refractivity (Wildman–Crippen MR) is 93.9 cm³/mol. The first-order valence-corrected chi connectivity index (χ1v) is 9.05. The summed E-state index contributed by atoms with van der Waals surface area (Å²) in [4.78, 5) is 0. The van der Waals surface area contributed by atoms with Crippen molar-refractivity contribution in [3.8, 4) is 0 Å². The van der Waals surface area contributed by atoms with E-state index >= 15 is 0 Å². The van der Waals surface area contributed by atoms with Gasteiger partial charge in [-0.1, -0.05) is 77.1 Å². The molecule has 0 amide bonds. The second-order valence-electron chi connectivity index (χ2n) is 7.45. The van der Waals surface area contributed by atoms with Crippen molar-refractivity contribution in [2.24, 2.45) is 11.7 Å². The van der Waals surface area contributed by atoms with Crippen molar-refractivity contribution in [1.29, 1.82) is 0 Å². The number of fused-ring (bicyclic) bond motifs is 1. The van der Waals surface area contributed by atoms with Crippen LogP contribution in [0.4, 0.5) is 0 Å². The maximum atomic E-state index is 10.5. The number of aliphatic hydroxyl groups excluding tert-OH is 1. The molecule has 4 atom stereocenters. The molecule has 2 heteroatoms. The molecule has 0 spiro atoms. The number of aliphatic hydroxyl groups is 1. The third kappa shape index (κ3) is 3.72. The Morgan fingerprint density at radius 1 is 1.23 bits per heavy atom. The molecule has 0 saturated carbocycles. The summed E-state index contributed by atoms with van der Waals surface area (Å²) in [5.41, 5.74) is 8.80. The summed E-state index contributed by atoms with van der Waals surface area (Å²) in [5.74, 6) is 0.754. The molecule has 0 fully saturated rings. The summed E-state index contributed by atoms with van der Waals surface area (Å²) in [5, 5.41) is 10.5. The van der Waals surface area contributed by atoms with Crippen LogP contribution in [-0.2, 0) is 5.41 Å². The average molecular weight is 303 g/mol. The molecule has 0 radical (unpaired) electrons. The van der Waals surface area contributed by atoms with Gasteiger partial charge in [-0.2, -0.15) is 0 Å². The van der Waals surface area contributed by atoms with Crippen LogP contribution in [0, 0.1) is 5.92 Å². The molecule has 4 unspecified atom stereocenters. The Hall–Kier alpha value is -0.860. The van der Waals surface area contributed by atoms with Crippen LogP contribution in [0.3, 0.4) is 0 Å². The molecule has 1 aromatic rings. The van der Waals surface area contributed by atoms with Gasteiger partial charge >= 0.3 is 0 Å². The zero-order valence-electron chi connectivity index (χ0n) is 14.5. The van der Waals surface area contributed by atoms with Gasteiger partial charge in [0.1, 0.15) is 0 Å². The van der Waals surface area contributed by atoms with Crippen LogP contribution in [0.2, 0.25) is 0 Å². The minimum absolute atomic E-state index is 0.0550. The highest BCUT2D eigenvalue weighted by Gasteiger charge is 2.40. The normalized spacial score (nSPS) is 29.1. The SMILES string of the molecule is CCCCC(CCC)CC1(C)CC(O)C(N)c2ccccc21. The lowest BCUT2D eigenvalue weighted by Gasteiger charge is -2.43. The Morgan fingerprint density at radius 3 is 2.64 bits per heavy atom. The fourth-order valence-corrected chi connectivity index (χ4v) is 4.32. The van der Waals surface area contributed by atoms with Crippen LogP contribution in [0.15, 0.2) is 24.3 Å². The van der Waals surface area contributed by atoms with Crippen molar-refractivity contribution in [2.45, 2.75) is 83.3 Å². The summed E-state index contributed by atoms with van der Waals surface area (Å²) >= 11 is 0. The van der Waals surface area contributed by atoms with Crippen LogP contribution in [-0.4, -0.2) is 11.2 Å². The van der Waals surface area contributed by atoms with E-state index in [9.17, 15) is 5.11 Å². The summed E-state index contributed by atoms with van der Waals surface area (Å²) in [6, 6.07) is 8.25. The second-order valence-corrected chi connectivity index (χ2v) is 7.45. The third-order valence-electron chi connectivity index (χ3n) is 5.45. The van der Waals surface area contributed by atoms with E-state index in [2.05, 4.69) is 39.0 Å². The van der Waals surface area contributed by atoms with Crippen molar-refractivity contribution in [3.05, 3.63) is 35.4 Å². The van der Waals surface area contributed by atoms with Gasteiger partial charge in [0.25, 0.3) is 0 Å². The van der Waals surface area contributed by atoms with Crippen LogP contribution in [0.5, 0.6) is 0 Å². The molecule has 2 rings (SSSR count). The smallest absolute Gasteiger partial charge is 0.0741 e. The van der Waals surface area contributed by atoms with Gasteiger partial charge in [0.2, 0.25) is 0 Å². The largest absolute Gasteiger partial charge is 0.391 e. The number of rotatable bonds is 7. The topological polar surface area (TPSA) is 46.2 Å². The number of hydrogen-bond donors (Lipinski definition) is 2. The van der Waals surface area contributed by atoms with E-state index in [1.165, 1.54) is 44.1 Å². The predicted octanol–water partition coefficient (Wildman–Crippen LogP) is 4.71. The maximum Gasteiger partial charge on any atom is 0.0741 e. The molecule has 0 heterocycles. The zero-order chi connectivity index (χ0) is 16.2. The minimum Gasteiger partial charge on any atom is -0.391 e. The third-order valence-corrected chi connectivity index (χ3v) is 5.45. The summed E-state index contributed by atoms with van der Waals surface area (Å²) in [6.45, 7) is 6.87. The lowest BCUT2D eigenvalue weighted by Crippen LogP contribution is -2.42. The molecule has 1 aromatic carbocycles. The van der Waals surface area contributed by atoms with E-state index in [1.807, 2.05) is 6.07 Å². The number of hydrogen-bond acceptors (Lipinski definition) is 2. The van der Waals surface area contributed by atoms with Gasteiger partial charge in [0, 0.05) is 0 Å². The Kier molecular flexibility index (Phi) is 6.05. The molecule has 3 N–H and O–H groups in total. The molecule has 124 valence electrons. The molecule has 1 aliphatic carbocycles. The summed E-state index contributed by atoms with van der Waals surface area (Å²) in [6.07, 6.45) is 7.96. The standard InChI is InChI=1S/C20H33NO/c1-4-6-10-15(9-5-2)13-20(3)14-18(22)19(21)16-11-7-8-12-17(16)20/h7-8,11-12,15,18-19,22H,4-6,9-10,13-14,21H2,1-3H3. The molecule has 0 bridgehead atoms. The van der Waals surface area contributed by atoms with Gasteiger partial charge in [-0.05, 0) is 35.3 Å². The van der Waals surface area contributed by atoms with Crippen molar-refractivity contribution in [1.82, 2.24) is 0 Å². The van der Waals surface area contributed by atoms with Crippen molar-refractivity contribution < 1.29 is 5.11 Å². The van der Waals surface area contributed by atoms with E-state index in [0.717, 1.165) is 17.9 Å². The molecular formula is C20H33NO. The maximum absolute atomic E-state index is 10.5. The second kappa shape index (κ2) is 7.61. The van der Waals surface area contributed by atoms with Crippen LogP contribution < -0.4 is 5.73 Å². The van der Waals surface area contributed by atoms with E-state index in [4.69, 9.17) is 5.73 Å². The molecule has 22 heavy (non-hydrogen) atoms.